The summed E-state index contributed by atoms with van der Waals surface area (Å²) in [4.78, 5) is 4.25. The highest BCUT2D eigenvalue weighted by Crippen LogP contribution is 2.26. The van der Waals surface area contributed by atoms with E-state index in [4.69, 9.17) is 4.74 Å². The molecule has 5 heteroatoms. The lowest BCUT2D eigenvalue weighted by molar-refractivity contribution is 0.276. The van der Waals surface area contributed by atoms with Crippen molar-refractivity contribution in [3.8, 4) is 11.6 Å². The Labute approximate surface area is 80.4 Å². The Morgan fingerprint density at radius 3 is 3.29 bits per heavy atom. The van der Waals surface area contributed by atoms with Crippen LogP contribution < -0.4 is 4.74 Å². The minimum Gasteiger partial charge on any atom is -0.482 e. The second-order valence-electron chi connectivity index (χ2n) is 3.11. The predicted octanol–water partition coefficient (Wildman–Crippen LogP) is 0.863. The van der Waals surface area contributed by atoms with Crippen molar-refractivity contribution in [2.75, 3.05) is 0 Å². The first kappa shape index (κ1) is 7.49. The van der Waals surface area contributed by atoms with E-state index in [1.807, 2.05) is 23.6 Å². The van der Waals surface area contributed by atoms with Crippen LogP contribution in [0, 0.1) is 6.92 Å². The number of fused-ring (bicyclic) bond motifs is 3. The molecule has 0 aromatic carbocycles. The summed E-state index contributed by atoms with van der Waals surface area (Å²) in [6.07, 6.45) is 1.73. The number of rotatable bonds is 0. The normalized spacial score (nSPS) is 12.9. The zero-order chi connectivity index (χ0) is 9.54. The molecule has 0 atom stereocenters. The Morgan fingerprint density at radius 2 is 2.36 bits per heavy atom. The van der Waals surface area contributed by atoms with Gasteiger partial charge < -0.3 is 4.74 Å². The summed E-state index contributed by atoms with van der Waals surface area (Å²) in [6.45, 7) is 2.36. The smallest absolute Gasteiger partial charge is 0.182 e. The number of ether oxygens (including phenoxy) is 1. The Hall–Kier alpha value is -1.91. The van der Waals surface area contributed by atoms with Gasteiger partial charge in [0, 0.05) is 6.20 Å². The SMILES string of the molecule is Cc1nnc2n1-c1ncccc1OC2. The summed E-state index contributed by atoms with van der Waals surface area (Å²) in [5, 5.41) is 7.99. The van der Waals surface area contributed by atoms with Gasteiger partial charge in [-0.05, 0) is 19.1 Å². The van der Waals surface area contributed by atoms with E-state index < -0.39 is 0 Å². The van der Waals surface area contributed by atoms with Gasteiger partial charge in [-0.3, -0.25) is 4.57 Å². The number of hydrogen-bond acceptors (Lipinski definition) is 4. The summed E-state index contributed by atoms with van der Waals surface area (Å²) in [5.41, 5.74) is 0. The van der Waals surface area contributed by atoms with Crippen molar-refractivity contribution in [1.82, 2.24) is 19.7 Å². The molecule has 70 valence electrons. The van der Waals surface area contributed by atoms with Crippen LogP contribution in [0.15, 0.2) is 18.3 Å². The van der Waals surface area contributed by atoms with Crippen LogP contribution in [-0.2, 0) is 6.61 Å². The van der Waals surface area contributed by atoms with Gasteiger partial charge in [-0.15, -0.1) is 10.2 Å². The molecule has 0 saturated carbocycles. The van der Waals surface area contributed by atoms with Crippen molar-refractivity contribution in [3.05, 3.63) is 30.0 Å². The van der Waals surface area contributed by atoms with Crippen LogP contribution in [0.2, 0.25) is 0 Å². The quantitative estimate of drug-likeness (QED) is 0.615. The van der Waals surface area contributed by atoms with E-state index in [0.29, 0.717) is 6.61 Å². The Balaban J connectivity index is 2.32. The molecule has 1 aliphatic heterocycles. The number of nitrogens with zero attached hydrogens (tertiary/aromatic N) is 4. The molecule has 0 fully saturated rings. The lowest BCUT2D eigenvalue weighted by atomic mass is 10.3. The van der Waals surface area contributed by atoms with Gasteiger partial charge in [0.2, 0.25) is 0 Å². The molecule has 14 heavy (non-hydrogen) atoms. The van der Waals surface area contributed by atoms with Crippen molar-refractivity contribution in [2.24, 2.45) is 0 Å². The fourth-order valence-electron chi connectivity index (χ4n) is 1.58. The fourth-order valence-corrected chi connectivity index (χ4v) is 1.58. The van der Waals surface area contributed by atoms with Gasteiger partial charge in [0.1, 0.15) is 12.4 Å². The molecule has 0 amide bonds. The fraction of sp³-hybridized carbons (Fsp3) is 0.222. The molecule has 0 unspecified atom stereocenters. The first-order valence-corrected chi connectivity index (χ1v) is 4.35. The van der Waals surface area contributed by atoms with E-state index in [1.165, 1.54) is 0 Å². The zero-order valence-corrected chi connectivity index (χ0v) is 7.64. The van der Waals surface area contributed by atoms with E-state index in [2.05, 4.69) is 15.2 Å². The van der Waals surface area contributed by atoms with E-state index in [1.54, 1.807) is 6.20 Å². The summed E-state index contributed by atoms with van der Waals surface area (Å²) in [7, 11) is 0. The van der Waals surface area contributed by atoms with Crippen LogP contribution in [-0.4, -0.2) is 19.7 Å². The lowest BCUT2D eigenvalue weighted by Gasteiger charge is -2.17. The summed E-state index contributed by atoms with van der Waals surface area (Å²) in [5.74, 6) is 3.19. The average Bonchev–Trinajstić information content (AvgIpc) is 2.61. The van der Waals surface area contributed by atoms with Crippen LogP contribution >= 0.6 is 0 Å². The van der Waals surface area contributed by atoms with Gasteiger partial charge in [0.25, 0.3) is 0 Å². The maximum absolute atomic E-state index is 5.48. The van der Waals surface area contributed by atoms with Gasteiger partial charge in [-0.25, -0.2) is 4.98 Å². The molecule has 0 radical (unpaired) electrons. The Kier molecular flexibility index (Phi) is 1.36. The van der Waals surface area contributed by atoms with Gasteiger partial charge >= 0.3 is 0 Å². The average molecular weight is 188 g/mol. The molecule has 2 aromatic rings. The van der Waals surface area contributed by atoms with E-state index >= 15 is 0 Å². The minimum atomic E-state index is 0.458. The summed E-state index contributed by atoms with van der Waals surface area (Å²) >= 11 is 0. The standard InChI is InChI=1S/C9H8N4O/c1-6-11-12-8-5-14-7-3-2-4-10-9(7)13(6)8/h2-4H,5H2,1H3. The highest BCUT2D eigenvalue weighted by Gasteiger charge is 2.20. The lowest BCUT2D eigenvalue weighted by Crippen LogP contribution is -2.15. The number of pyridine rings is 1. The largest absolute Gasteiger partial charge is 0.482 e. The summed E-state index contributed by atoms with van der Waals surface area (Å²) < 4.78 is 7.39. The molecular formula is C9H8N4O. The third-order valence-corrected chi connectivity index (χ3v) is 2.21. The maximum Gasteiger partial charge on any atom is 0.182 e. The van der Waals surface area contributed by atoms with Gasteiger partial charge in [0.15, 0.2) is 17.4 Å². The molecule has 0 spiro atoms. The van der Waals surface area contributed by atoms with Gasteiger partial charge in [-0.2, -0.15) is 0 Å². The highest BCUT2D eigenvalue weighted by atomic mass is 16.5. The third-order valence-electron chi connectivity index (χ3n) is 2.21. The summed E-state index contributed by atoms with van der Waals surface area (Å²) in [6, 6.07) is 3.74. The van der Waals surface area contributed by atoms with Crippen molar-refractivity contribution < 1.29 is 4.74 Å². The molecule has 1 aliphatic rings. The van der Waals surface area contributed by atoms with Crippen LogP contribution in [0.5, 0.6) is 5.75 Å². The molecule has 3 heterocycles. The molecule has 2 aromatic heterocycles. The van der Waals surface area contributed by atoms with Crippen molar-refractivity contribution in [2.45, 2.75) is 13.5 Å². The van der Waals surface area contributed by atoms with Crippen LogP contribution in [0.1, 0.15) is 11.6 Å². The van der Waals surface area contributed by atoms with Crippen LogP contribution in [0.4, 0.5) is 0 Å². The molecule has 0 aliphatic carbocycles. The van der Waals surface area contributed by atoms with Gasteiger partial charge in [0.05, 0.1) is 0 Å². The minimum absolute atomic E-state index is 0.458. The molecule has 3 rings (SSSR count). The predicted molar refractivity (Wildman–Crippen MR) is 48.2 cm³/mol. The molecule has 5 nitrogen and oxygen atoms in total. The molecule has 0 bridgehead atoms. The number of aryl methyl sites for hydroxylation is 1. The highest BCUT2D eigenvalue weighted by molar-refractivity contribution is 5.43. The number of hydrogen-bond donors (Lipinski definition) is 0. The Morgan fingerprint density at radius 1 is 1.43 bits per heavy atom. The van der Waals surface area contributed by atoms with Crippen LogP contribution in [0.25, 0.3) is 5.82 Å². The zero-order valence-electron chi connectivity index (χ0n) is 7.64. The third kappa shape index (κ3) is 0.863. The van der Waals surface area contributed by atoms with Crippen molar-refractivity contribution >= 4 is 0 Å². The van der Waals surface area contributed by atoms with E-state index in [0.717, 1.165) is 23.2 Å². The molecule has 0 N–H and O–H groups in total. The second kappa shape index (κ2) is 2.54. The van der Waals surface area contributed by atoms with E-state index in [-0.39, 0.29) is 0 Å². The topological polar surface area (TPSA) is 52.8 Å². The first-order chi connectivity index (χ1) is 6.86. The monoisotopic (exact) mass is 188 g/mol. The van der Waals surface area contributed by atoms with Crippen molar-refractivity contribution in [1.29, 1.82) is 0 Å². The van der Waals surface area contributed by atoms with Gasteiger partial charge in [-0.1, -0.05) is 0 Å². The van der Waals surface area contributed by atoms with Crippen molar-refractivity contribution in [3.63, 3.8) is 0 Å². The van der Waals surface area contributed by atoms with E-state index in [9.17, 15) is 0 Å². The molecular weight excluding hydrogens is 180 g/mol. The first-order valence-electron chi connectivity index (χ1n) is 4.35. The van der Waals surface area contributed by atoms with Crippen LogP contribution in [0.3, 0.4) is 0 Å². The Bertz CT molecular complexity index is 491. The second-order valence-corrected chi connectivity index (χ2v) is 3.11. The molecule has 0 saturated heterocycles. The maximum atomic E-state index is 5.48. The number of aromatic nitrogens is 4.